The van der Waals surface area contributed by atoms with Crippen LogP contribution in [0.4, 0.5) is 27.6 Å². The Bertz CT molecular complexity index is 628. The maximum Gasteiger partial charge on any atom is 0.586 e. The van der Waals surface area contributed by atoms with Crippen LogP contribution in [0.5, 0.6) is 11.5 Å². The van der Waals surface area contributed by atoms with E-state index in [9.17, 15) is 26.7 Å². The second kappa shape index (κ2) is 4.62. The summed E-state index contributed by atoms with van der Waals surface area (Å²) in [6.07, 6.45) is -8.63. The molecule has 0 fully saturated rings. The molecule has 0 bridgehead atoms. The van der Waals surface area contributed by atoms with E-state index in [0.717, 1.165) is 26.0 Å². The summed E-state index contributed by atoms with van der Waals surface area (Å²) in [5.41, 5.74) is 2.20. The van der Waals surface area contributed by atoms with Crippen molar-refractivity contribution in [3.8, 4) is 11.5 Å². The maximum absolute atomic E-state index is 12.9. The molecule has 1 aromatic carbocycles. The first-order valence-corrected chi connectivity index (χ1v) is 5.91. The second-order valence-corrected chi connectivity index (χ2v) is 5.13. The van der Waals surface area contributed by atoms with Crippen LogP contribution in [0.15, 0.2) is 12.1 Å². The molecule has 3 N–H and O–H groups in total. The number of benzene rings is 1. The molecule has 1 amide bonds. The zero-order valence-electron chi connectivity index (χ0n) is 11.3. The van der Waals surface area contributed by atoms with Crippen LogP contribution in [0.1, 0.15) is 24.2 Å². The second-order valence-electron chi connectivity index (χ2n) is 5.13. The summed E-state index contributed by atoms with van der Waals surface area (Å²) in [6.45, 7) is 1.50. The molecule has 0 spiro atoms. The smallest absolute Gasteiger partial charge is 0.398 e. The van der Waals surface area contributed by atoms with Gasteiger partial charge in [-0.1, -0.05) is 0 Å². The highest BCUT2D eigenvalue weighted by molar-refractivity contribution is 6.00. The van der Waals surface area contributed by atoms with Crippen molar-refractivity contribution in [1.29, 1.82) is 0 Å². The molecule has 1 aliphatic rings. The number of carbonyl (C=O) groups is 1. The molecule has 22 heavy (non-hydrogen) atoms. The number of nitrogens with two attached hydrogens (primary N) is 1. The molecular formula is C12H11F5N2O3. The van der Waals surface area contributed by atoms with Crippen molar-refractivity contribution in [3.05, 3.63) is 17.7 Å². The number of fused-ring (bicyclic) bond motifs is 1. The zero-order valence-corrected chi connectivity index (χ0v) is 11.3. The van der Waals surface area contributed by atoms with E-state index in [2.05, 4.69) is 9.47 Å². The fourth-order valence-electron chi connectivity index (χ4n) is 1.63. The third-order valence-corrected chi connectivity index (χ3v) is 2.95. The Labute approximate surface area is 121 Å². The predicted molar refractivity (Wildman–Crippen MR) is 64.7 cm³/mol. The van der Waals surface area contributed by atoms with Crippen molar-refractivity contribution in [1.82, 2.24) is 5.32 Å². The molecule has 0 aromatic heterocycles. The summed E-state index contributed by atoms with van der Waals surface area (Å²) in [5.74, 6) is -2.08. The van der Waals surface area contributed by atoms with Crippen LogP contribution in [0.2, 0.25) is 0 Å². The van der Waals surface area contributed by atoms with E-state index in [1.165, 1.54) is 0 Å². The summed E-state index contributed by atoms with van der Waals surface area (Å²) in [7, 11) is 0. The first-order valence-electron chi connectivity index (χ1n) is 5.91. The van der Waals surface area contributed by atoms with Crippen LogP contribution in [0.3, 0.4) is 0 Å². The summed E-state index contributed by atoms with van der Waals surface area (Å²) >= 11 is 0. The Morgan fingerprint density at radius 3 is 2.18 bits per heavy atom. The molecule has 0 radical (unpaired) electrons. The molecule has 0 aliphatic carbocycles. The summed E-state index contributed by atoms with van der Waals surface area (Å²) < 4.78 is 72.3. The van der Waals surface area contributed by atoms with Gasteiger partial charge in [0.15, 0.2) is 11.5 Å². The van der Waals surface area contributed by atoms with Gasteiger partial charge in [0.2, 0.25) is 0 Å². The number of alkyl halides is 5. The van der Waals surface area contributed by atoms with Crippen molar-refractivity contribution in [2.75, 3.05) is 5.73 Å². The van der Waals surface area contributed by atoms with E-state index in [0.29, 0.717) is 0 Å². The predicted octanol–water partition coefficient (Wildman–Crippen LogP) is 2.66. The van der Waals surface area contributed by atoms with Crippen molar-refractivity contribution >= 4 is 11.6 Å². The molecule has 0 atom stereocenters. The van der Waals surface area contributed by atoms with E-state index in [1.54, 1.807) is 5.32 Å². The van der Waals surface area contributed by atoms with Gasteiger partial charge in [0, 0.05) is 11.8 Å². The third kappa shape index (κ3) is 2.85. The number of amides is 1. The van der Waals surface area contributed by atoms with Gasteiger partial charge in [0.1, 0.15) is 5.54 Å². The molecule has 0 saturated carbocycles. The number of hydrogen-bond acceptors (Lipinski definition) is 4. The first-order chi connectivity index (χ1) is 9.82. The fraction of sp³-hybridized carbons (Fsp3) is 0.417. The molecule has 5 nitrogen and oxygen atoms in total. The summed E-state index contributed by atoms with van der Waals surface area (Å²) in [5, 5.41) is 1.74. The minimum atomic E-state index is -4.71. The normalized spacial score (nSPS) is 16.5. The Morgan fingerprint density at radius 1 is 1.18 bits per heavy atom. The molecule has 10 heteroatoms. The number of anilines is 1. The number of ether oxygens (including phenoxy) is 2. The highest BCUT2D eigenvalue weighted by Gasteiger charge is 2.49. The van der Waals surface area contributed by atoms with Gasteiger partial charge in [-0.25, -0.2) is 0 Å². The van der Waals surface area contributed by atoms with Crippen LogP contribution in [0, 0.1) is 0 Å². The van der Waals surface area contributed by atoms with Crippen molar-refractivity contribution in [3.63, 3.8) is 0 Å². The van der Waals surface area contributed by atoms with Crippen LogP contribution >= 0.6 is 0 Å². The molecule has 122 valence electrons. The quantitative estimate of drug-likeness (QED) is 0.647. The standard InChI is InChI=1S/C12H11F5N2O3/c1-10(2,11(13,14)15)19-9(20)5-3-7-8(4-6(5)18)22-12(16,17)21-7/h3-4H,18H2,1-2H3,(H,19,20). The zero-order chi connectivity index (χ0) is 16.9. The van der Waals surface area contributed by atoms with Crippen molar-refractivity contribution in [2.45, 2.75) is 31.9 Å². The Balaban J connectivity index is 2.30. The SMILES string of the molecule is CC(C)(NC(=O)c1cc2c(cc1N)OC(F)(F)O2)C(F)(F)F. The topological polar surface area (TPSA) is 73.6 Å². The minimum absolute atomic E-state index is 0.324. The largest absolute Gasteiger partial charge is 0.586 e. The van der Waals surface area contributed by atoms with Crippen LogP contribution in [-0.4, -0.2) is 23.9 Å². The van der Waals surface area contributed by atoms with Gasteiger partial charge in [0.25, 0.3) is 5.91 Å². The number of nitrogens with one attached hydrogen (secondary N) is 1. The molecule has 1 aliphatic heterocycles. The van der Waals surface area contributed by atoms with Crippen LogP contribution in [-0.2, 0) is 0 Å². The highest BCUT2D eigenvalue weighted by atomic mass is 19.4. The fourth-order valence-corrected chi connectivity index (χ4v) is 1.63. The highest BCUT2D eigenvalue weighted by Crippen LogP contribution is 2.43. The maximum atomic E-state index is 12.9. The van der Waals surface area contributed by atoms with E-state index in [-0.39, 0.29) is 5.69 Å². The lowest BCUT2D eigenvalue weighted by molar-refractivity contribution is -0.286. The van der Waals surface area contributed by atoms with E-state index in [1.807, 2.05) is 0 Å². The lowest BCUT2D eigenvalue weighted by atomic mass is 10.0. The van der Waals surface area contributed by atoms with Crippen LogP contribution < -0.4 is 20.5 Å². The van der Waals surface area contributed by atoms with Gasteiger partial charge in [0.05, 0.1) is 5.56 Å². The number of hydrogen-bond donors (Lipinski definition) is 2. The van der Waals surface area contributed by atoms with Gasteiger partial charge in [-0.3, -0.25) is 4.79 Å². The van der Waals surface area contributed by atoms with E-state index >= 15 is 0 Å². The first kappa shape index (κ1) is 16.1. The van der Waals surface area contributed by atoms with Crippen molar-refractivity contribution < 1.29 is 36.2 Å². The van der Waals surface area contributed by atoms with E-state index in [4.69, 9.17) is 5.73 Å². The molecule has 2 rings (SSSR count). The van der Waals surface area contributed by atoms with Crippen molar-refractivity contribution in [2.24, 2.45) is 0 Å². The lowest BCUT2D eigenvalue weighted by Gasteiger charge is -2.29. The minimum Gasteiger partial charge on any atom is -0.398 e. The average molecular weight is 326 g/mol. The molecular weight excluding hydrogens is 315 g/mol. The Morgan fingerprint density at radius 2 is 1.68 bits per heavy atom. The van der Waals surface area contributed by atoms with Gasteiger partial charge in [-0.15, -0.1) is 8.78 Å². The molecule has 1 aromatic rings. The molecule has 0 saturated heterocycles. The van der Waals surface area contributed by atoms with Gasteiger partial charge < -0.3 is 20.5 Å². The number of halogens is 5. The van der Waals surface area contributed by atoms with Gasteiger partial charge in [-0.05, 0) is 19.9 Å². The average Bonchev–Trinajstić information content (AvgIpc) is 2.58. The number of carbonyl (C=O) groups excluding carboxylic acids is 1. The summed E-state index contributed by atoms with van der Waals surface area (Å²) in [4.78, 5) is 11.9. The lowest BCUT2D eigenvalue weighted by Crippen LogP contribution is -2.54. The molecule has 1 heterocycles. The Kier molecular flexibility index (Phi) is 3.38. The number of nitrogen functional groups attached to an aromatic ring is 1. The van der Waals surface area contributed by atoms with Gasteiger partial charge in [-0.2, -0.15) is 13.2 Å². The number of rotatable bonds is 2. The summed E-state index contributed by atoms with van der Waals surface area (Å²) in [6, 6.07) is 1.68. The Hall–Kier alpha value is -2.26. The monoisotopic (exact) mass is 326 g/mol. The van der Waals surface area contributed by atoms with Gasteiger partial charge >= 0.3 is 12.5 Å². The third-order valence-electron chi connectivity index (χ3n) is 2.95. The van der Waals surface area contributed by atoms with Crippen LogP contribution in [0.25, 0.3) is 0 Å². The van der Waals surface area contributed by atoms with E-state index < -0.39 is 41.0 Å². The molecule has 0 unspecified atom stereocenters.